The second-order valence-electron chi connectivity index (χ2n) is 5.34. The van der Waals surface area contributed by atoms with Crippen molar-refractivity contribution in [3.63, 3.8) is 0 Å². The first-order valence-electron chi connectivity index (χ1n) is 7.60. The highest BCUT2D eigenvalue weighted by Crippen LogP contribution is 2.27. The van der Waals surface area contributed by atoms with Crippen LogP contribution in [0.1, 0.15) is 11.7 Å². The summed E-state index contributed by atoms with van der Waals surface area (Å²) in [4.78, 5) is 13.4. The predicted octanol–water partition coefficient (Wildman–Crippen LogP) is 3.64. The number of ether oxygens (including phenoxy) is 1. The lowest BCUT2D eigenvalue weighted by atomic mass is 10.0. The molecular formula is C19H15N3O2. The molecule has 0 fully saturated rings. The molecule has 0 radical (unpaired) electrons. The van der Waals surface area contributed by atoms with Gasteiger partial charge in [-0.15, -0.1) is 0 Å². The Balaban J connectivity index is 1.48. The van der Waals surface area contributed by atoms with E-state index in [0.29, 0.717) is 11.6 Å². The van der Waals surface area contributed by atoms with Crippen molar-refractivity contribution < 1.29 is 9.57 Å². The highest BCUT2D eigenvalue weighted by atomic mass is 16.7. The number of benzene rings is 2. The zero-order valence-corrected chi connectivity index (χ0v) is 12.8. The van der Waals surface area contributed by atoms with E-state index in [4.69, 9.17) is 9.57 Å². The first-order chi connectivity index (χ1) is 11.9. The van der Waals surface area contributed by atoms with E-state index in [9.17, 15) is 0 Å². The molecular weight excluding hydrogens is 302 g/mol. The van der Waals surface area contributed by atoms with E-state index in [1.807, 2.05) is 24.3 Å². The highest BCUT2D eigenvalue weighted by Gasteiger charge is 2.20. The van der Waals surface area contributed by atoms with Crippen molar-refractivity contribution in [3.8, 4) is 16.9 Å². The smallest absolute Gasteiger partial charge is 0.216 e. The molecule has 4 rings (SSSR count). The molecule has 0 unspecified atom stereocenters. The molecule has 1 N–H and O–H groups in total. The van der Waals surface area contributed by atoms with Gasteiger partial charge in [-0.2, -0.15) is 0 Å². The van der Waals surface area contributed by atoms with Gasteiger partial charge in [-0.25, -0.2) is 15.4 Å². The summed E-state index contributed by atoms with van der Waals surface area (Å²) in [5.74, 6) is 1.09. The van der Waals surface area contributed by atoms with E-state index in [2.05, 4.69) is 51.8 Å². The summed E-state index contributed by atoms with van der Waals surface area (Å²) in [5.41, 5.74) is 6.20. The third-order valence-electron chi connectivity index (χ3n) is 3.70. The van der Waals surface area contributed by atoms with Gasteiger partial charge in [0.1, 0.15) is 12.4 Å². The Bertz CT molecular complexity index is 834. The maximum absolute atomic E-state index is 5.62. The second kappa shape index (κ2) is 6.52. The van der Waals surface area contributed by atoms with Crippen LogP contribution in [0.25, 0.3) is 11.1 Å². The molecule has 24 heavy (non-hydrogen) atoms. The van der Waals surface area contributed by atoms with Crippen LogP contribution in [0.4, 0.5) is 0 Å². The van der Waals surface area contributed by atoms with Crippen LogP contribution in [-0.4, -0.2) is 9.97 Å². The molecule has 5 nitrogen and oxygen atoms in total. The average Bonchev–Trinajstić information content (AvgIpc) is 3.12. The van der Waals surface area contributed by atoms with Gasteiger partial charge >= 0.3 is 0 Å². The first kappa shape index (κ1) is 14.4. The lowest BCUT2D eigenvalue weighted by Crippen LogP contribution is -2.12. The van der Waals surface area contributed by atoms with Crippen LogP contribution >= 0.6 is 0 Å². The van der Waals surface area contributed by atoms with Crippen molar-refractivity contribution in [2.75, 3.05) is 0 Å². The van der Waals surface area contributed by atoms with Crippen molar-refractivity contribution in [2.45, 2.75) is 6.10 Å². The van der Waals surface area contributed by atoms with E-state index in [1.54, 1.807) is 12.4 Å². The summed E-state index contributed by atoms with van der Waals surface area (Å²) in [6, 6.07) is 18.6. The Morgan fingerprint density at radius 1 is 0.875 bits per heavy atom. The molecule has 0 bridgehead atoms. The molecule has 2 aromatic carbocycles. The summed E-state index contributed by atoms with van der Waals surface area (Å²) >= 11 is 0. The number of aromatic nitrogens is 2. The van der Waals surface area contributed by atoms with Crippen LogP contribution in [0.5, 0.6) is 5.75 Å². The van der Waals surface area contributed by atoms with Gasteiger partial charge in [-0.05, 0) is 16.7 Å². The Morgan fingerprint density at radius 2 is 1.58 bits per heavy atom. The fourth-order valence-electron chi connectivity index (χ4n) is 2.51. The van der Waals surface area contributed by atoms with Gasteiger partial charge in [0.2, 0.25) is 5.88 Å². The summed E-state index contributed by atoms with van der Waals surface area (Å²) < 4.78 is 5.62. The van der Waals surface area contributed by atoms with Gasteiger partial charge in [0.05, 0.1) is 12.4 Å². The SMILES string of the molecule is C1=C(Oc2cncnc2)NO[C@@H]1c1ccc(-c2ccccc2)cc1. The third kappa shape index (κ3) is 3.11. The van der Waals surface area contributed by atoms with Gasteiger partial charge in [-0.1, -0.05) is 54.6 Å². The fraction of sp³-hybridized carbons (Fsp3) is 0.0526. The maximum atomic E-state index is 5.62. The van der Waals surface area contributed by atoms with Crippen molar-refractivity contribution in [3.05, 3.63) is 90.8 Å². The quantitative estimate of drug-likeness (QED) is 0.796. The summed E-state index contributed by atoms with van der Waals surface area (Å²) in [5, 5.41) is 0. The van der Waals surface area contributed by atoms with Crippen LogP contribution in [0.2, 0.25) is 0 Å². The Hall–Kier alpha value is -3.18. The lowest BCUT2D eigenvalue weighted by Gasteiger charge is -2.08. The lowest BCUT2D eigenvalue weighted by molar-refractivity contribution is 0.0273. The van der Waals surface area contributed by atoms with E-state index < -0.39 is 0 Å². The zero-order chi connectivity index (χ0) is 16.2. The predicted molar refractivity (Wildman–Crippen MR) is 89.6 cm³/mol. The highest BCUT2D eigenvalue weighted by molar-refractivity contribution is 5.63. The molecule has 1 atom stereocenters. The largest absolute Gasteiger partial charge is 0.436 e. The Morgan fingerprint density at radius 3 is 2.33 bits per heavy atom. The van der Waals surface area contributed by atoms with E-state index >= 15 is 0 Å². The molecule has 118 valence electrons. The number of nitrogens with zero attached hydrogens (tertiary/aromatic N) is 2. The third-order valence-corrected chi connectivity index (χ3v) is 3.70. The van der Waals surface area contributed by atoms with Gasteiger partial charge in [0, 0.05) is 6.08 Å². The number of rotatable bonds is 4. The van der Waals surface area contributed by atoms with E-state index in [-0.39, 0.29) is 6.10 Å². The number of hydrogen-bond donors (Lipinski definition) is 1. The van der Waals surface area contributed by atoms with Gasteiger partial charge < -0.3 is 4.74 Å². The fourth-order valence-corrected chi connectivity index (χ4v) is 2.51. The standard InChI is InChI=1S/C19H15N3O2/c1-2-4-14(5-3-1)15-6-8-16(9-7-15)18-10-19(22-24-18)23-17-11-20-13-21-12-17/h1-13,18,22H/t18-/m0/s1. The average molecular weight is 317 g/mol. The van der Waals surface area contributed by atoms with Crippen LogP contribution in [0, 0.1) is 0 Å². The first-order valence-corrected chi connectivity index (χ1v) is 7.60. The van der Waals surface area contributed by atoms with Crippen molar-refractivity contribution in [2.24, 2.45) is 0 Å². The molecule has 5 heteroatoms. The molecule has 1 aliphatic heterocycles. The summed E-state index contributed by atoms with van der Waals surface area (Å²) in [6.07, 6.45) is 6.32. The molecule has 1 aromatic heterocycles. The minimum Gasteiger partial charge on any atom is -0.436 e. The molecule has 0 amide bonds. The van der Waals surface area contributed by atoms with Gasteiger partial charge in [0.25, 0.3) is 0 Å². The van der Waals surface area contributed by atoms with Gasteiger partial charge in [0.15, 0.2) is 5.75 Å². The summed E-state index contributed by atoms with van der Waals surface area (Å²) in [6.45, 7) is 0. The zero-order valence-electron chi connectivity index (χ0n) is 12.8. The molecule has 0 saturated carbocycles. The molecule has 0 saturated heterocycles. The number of hydrogen-bond acceptors (Lipinski definition) is 5. The number of hydroxylamine groups is 1. The van der Waals surface area contributed by atoms with Crippen molar-refractivity contribution in [1.29, 1.82) is 0 Å². The van der Waals surface area contributed by atoms with Crippen LogP contribution in [-0.2, 0) is 4.84 Å². The minimum absolute atomic E-state index is 0.200. The van der Waals surface area contributed by atoms with Crippen LogP contribution in [0.3, 0.4) is 0 Å². The monoisotopic (exact) mass is 317 g/mol. The molecule has 0 spiro atoms. The molecule has 1 aliphatic rings. The maximum Gasteiger partial charge on any atom is 0.216 e. The minimum atomic E-state index is -0.200. The van der Waals surface area contributed by atoms with Crippen LogP contribution in [0.15, 0.2) is 85.3 Å². The summed E-state index contributed by atoms with van der Waals surface area (Å²) in [7, 11) is 0. The van der Waals surface area contributed by atoms with Crippen molar-refractivity contribution in [1.82, 2.24) is 15.4 Å². The van der Waals surface area contributed by atoms with Crippen LogP contribution < -0.4 is 10.2 Å². The topological polar surface area (TPSA) is 56.3 Å². The number of nitrogens with one attached hydrogen (secondary N) is 1. The van der Waals surface area contributed by atoms with Crippen molar-refractivity contribution >= 4 is 0 Å². The van der Waals surface area contributed by atoms with E-state index in [0.717, 1.165) is 5.56 Å². The Kier molecular flexibility index (Phi) is 3.91. The second-order valence-corrected chi connectivity index (χ2v) is 5.34. The molecule has 2 heterocycles. The molecule has 3 aromatic rings. The Labute approximate surface area is 139 Å². The normalized spacial score (nSPS) is 16.3. The van der Waals surface area contributed by atoms with Gasteiger partial charge in [-0.3, -0.25) is 4.84 Å². The molecule has 0 aliphatic carbocycles. The van der Waals surface area contributed by atoms with E-state index in [1.165, 1.54) is 17.5 Å².